The molecule has 31 heavy (non-hydrogen) atoms. The molecular weight excluding hydrogens is 427 g/mol. The first-order chi connectivity index (χ1) is 14.7. The number of halogens is 2. The summed E-state index contributed by atoms with van der Waals surface area (Å²) in [7, 11) is 1.28. The molecule has 0 saturated carbocycles. The Morgan fingerprint density at radius 1 is 1.23 bits per heavy atom. The van der Waals surface area contributed by atoms with Gasteiger partial charge >= 0.3 is 11.9 Å². The quantitative estimate of drug-likeness (QED) is 0.450. The van der Waals surface area contributed by atoms with Gasteiger partial charge in [0.05, 0.1) is 17.7 Å². The number of esters is 1. The summed E-state index contributed by atoms with van der Waals surface area (Å²) >= 11 is 5.75. The van der Waals surface area contributed by atoms with E-state index in [0.717, 1.165) is 0 Å². The highest BCUT2D eigenvalue weighted by Gasteiger charge is 2.17. The van der Waals surface area contributed by atoms with Gasteiger partial charge in [-0.2, -0.15) is 0 Å². The molecule has 0 saturated heterocycles. The Morgan fingerprint density at radius 3 is 2.52 bits per heavy atom. The number of carbonyl (C=O) groups excluding carboxylic acids is 2. The van der Waals surface area contributed by atoms with Crippen LogP contribution in [0.25, 0.3) is 6.08 Å². The van der Waals surface area contributed by atoms with Gasteiger partial charge in [-0.1, -0.05) is 35.9 Å². The number of carboxylic acid groups (broad SMARTS) is 1. The van der Waals surface area contributed by atoms with Crippen molar-refractivity contribution < 1.29 is 28.6 Å². The van der Waals surface area contributed by atoms with Gasteiger partial charge < -0.3 is 20.5 Å². The van der Waals surface area contributed by atoms with Gasteiger partial charge in [0.15, 0.2) is 0 Å². The molecule has 0 radical (unpaired) electrons. The Balaban J connectivity index is 2.19. The van der Waals surface area contributed by atoms with Crippen LogP contribution in [0.4, 0.5) is 4.39 Å². The number of amides is 1. The molecule has 1 atom stereocenters. The van der Waals surface area contributed by atoms with Crippen LogP contribution in [0.3, 0.4) is 0 Å². The van der Waals surface area contributed by atoms with Crippen molar-refractivity contribution in [1.82, 2.24) is 4.90 Å². The molecule has 2 aromatic rings. The highest BCUT2D eigenvalue weighted by atomic mass is 35.5. The molecule has 0 aromatic heterocycles. The molecular formula is C22H22ClFN2O5. The van der Waals surface area contributed by atoms with E-state index in [1.807, 2.05) is 0 Å². The summed E-state index contributed by atoms with van der Waals surface area (Å²) in [5.41, 5.74) is 6.76. The first kappa shape index (κ1) is 24.0. The number of ether oxygens (including phenoxy) is 1. The Hall–Kier alpha value is -3.23. The Labute approximate surface area is 183 Å². The van der Waals surface area contributed by atoms with Crippen molar-refractivity contribution in [1.29, 1.82) is 0 Å². The summed E-state index contributed by atoms with van der Waals surface area (Å²) in [5.74, 6) is -2.77. The lowest BCUT2D eigenvalue weighted by Crippen LogP contribution is -2.37. The molecule has 0 spiro atoms. The Morgan fingerprint density at radius 2 is 1.90 bits per heavy atom. The maximum absolute atomic E-state index is 14.0. The van der Waals surface area contributed by atoms with Gasteiger partial charge in [-0.3, -0.25) is 9.59 Å². The summed E-state index contributed by atoms with van der Waals surface area (Å²) in [6.07, 6.45) is 2.51. The molecule has 3 N–H and O–H groups in total. The summed E-state index contributed by atoms with van der Waals surface area (Å²) in [6.45, 7) is 0.197. The van der Waals surface area contributed by atoms with Crippen molar-refractivity contribution in [2.75, 3.05) is 13.7 Å². The number of carbonyl (C=O) groups is 3. The van der Waals surface area contributed by atoms with Gasteiger partial charge in [0.1, 0.15) is 11.9 Å². The van der Waals surface area contributed by atoms with E-state index in [4.69, 9.17) is 22.4 Å². The van der Waals surface area contributed by atoms with Crippen molar-refractivity contribution in [3.8, 4) is 0 Å². The molecule has 0 aliphatic carbocycles. The third-order valence-corrected chi connectivity index (χ3v) is 4.77. The minimum Gasteiger partial charge on any atom is -0.480 e. The SMILES string of the molecule is COC(=O)c1ccc(CN(CC[C@H](N)C(=O)O)C(=O)/C=C/c2cccc(Cl)c2F)cc1. The Kier molecular flexibility index (Phi) is 8.72. The van der Waals surface area contributed by atoms with Gasteiger partial charge in [-0.15, -0.1) is 0 Å². The largest absolute Gasteiger partial charge is 0.480 e. The van der Waals surface area contributed by atoms with E-state index in [1.54, 1.807) is 30.3 Å². The second-order valence-corrected chi connectivity index (χ2v) is 7.07. The molecule has 0 bridgehead atoms. The van der Waals surface area contributed by atoms with Crippen LogP contribution in [-0.2, 0) is 20.9 Å². The number of nitrogens with two attached hydrogens (primary N) is 1. The number of nitrogens with zero attached hydrogens (tertiary/aromatic N) is 1. The fourth-order valence-corrected chi connectivity index (χ4v) is 2.87. The van der Waals surface area contributed by atoms with E-state index in [1.165, 1.54) is 36.3 Å². The van der Waals surface area contributed by atoms with Crippen LogP contribution in [0.1, 0.15) is 27.9 Å². The minimum atomic E-state index is -1.17. The highest BCUT2D eigenvalue weighted by Crippen LogP contribution is 2.19. The Bertz CT molecular complexity index is 978. The van der Waals surface area contributed by atoms with E-state index in [-0.39, 0.29) is 30.1 Å². The number of hydrogen-bond acceptors (Lipinski definition) is 5. The zero-order valence-electron chi connectivity index (χ0n) is 16.8. The summed E-state index contributed by atoms with van der Waals surface area (Å²) in [4.78, 5) is 36.7. The molecule has 0 unspecified atom stereocenters. The van der Waals surface area contributed by atoms with E-state index < -0.39 is 29.7 Å². The number of carboxylic acids is 1. The zero-order chi connectivity index (χ0) is 23.0. The summed E-state index contributed by atoms with van der Waals surface area (Å²) in [5, 5.41) is 8.93. The molecule has 164 valence electrons. The van der Waals surface area contributed by atoms with Crippen LogP contribution in [-0.4, -0.2) is 47.5 Å². The first-order valence-electron chi connectivity index (χ1n) is 9.29. The third kappa shape index (κ3) is 6.91. The van der Waals surface area contributed by atoms with Crippen LogP contribution < -0.4 is 5.73 Å². The molecule has 0 aliphatic rings. The van der Waals surface area contributed by atoms with Gasteiger partial charge in [-0.05, 0) is 36.3 Å². The fourth-order valence-electron chi connectivity index (χ4n) is 2.69. The topological polar surface area (TPSA) is 110 Å². The maximum atomic E-state index is 14.0. The van der Waals surface area contributed by atoms with Crippen molar-refractivity contribution in [3.05, 3.63) is 76.1 Å². The van der Waals surface area contributed by atoms with Crippen LogP contribution in [0.2, 0.25) is 5.02 Å². The van der Waals surface area contributed by atoms with Crippen LogP contribution >= 0.6 is 11.6 Å². The monoisotopic (exact) mass is 448 g/mol. The van der Waals surface area contributed by atoms with Crippen LogP contribution in [0.5, 0.6) is 0 Å². The molecule has 7 nitrogen and oxygen atoms in total. The lowest BCUT2D eigenvalue weighted by molar-refractivity contribution is -0.139. The average Bonchev–Trinajstić information content (AvgIpc) is 2.76. The molecule has 9 heteroatoms. The second kappa shape index (κ2) is 11.2. The minimum absolute atomic E-state index is 0.0285. The third-order valence-electron chi connectivity index (χ3n) is 4.47. The van der Waals surface area contributed by atoms with Crippen LogP contribution in [0.15, 0.2) is 48.5 Å². The van der Waals surface area contributed by atoms with Crippen molar-refractivity contribution in [2.45, 2.75) is 19.0 Å². The number of hydrogen-bond donors (Lipinski definition) is 2. The van der Waals surface area contributed by atoms with E-state index in [0.29, 0.717) is 11.1 Å². The predicted molar refractivity (Wildman–Crippen MR) is 114 cm³/mol. The molecule has 0 heterocycles. The van der Waals surface area contributed by atoms with Crippen molar-refractivity contribution >= 4 is 35.5 Å². The first-order valence-corrected chi connectivity index (χ1v) is 9.67. The van der Waals surface area contributed by atoms with Crippen molar-refractivity contribution in [3.63, 3.8) is 0 Å². The fraction of sp³-hybridized carbons (Fsp3) is 0.227. The number of benzene rings is 2. The van der Waals surface area contributed by atoms with Gasteiger partial charge in [0.25, 0.3) is 0 Å². The standard InChI is InChI=1S/C22H22ClFN2O5/c1-31-22(30)16-7-5-14(6-8-16)13-26(12-11-18(25)21(28)29)19(27)10-9-15-3-2-4-17(23)20(15)24/h2-10,18H,11-13,25H2,1H3,(H,28,29)/b10-9+/t18-/m0/s1. The van der Waals surface area contributed by atoms with E-state index in [2.05, 4.69) is 4.74 Å². The van der Waals surface area contributed by atoms with E-state index >= 15 is 0 Å². The van der Waals surface area contributed by atoms with E-state index in [9.17, 15) is 18.8 Å². The van der Waals surface area contributed by atoms with Gasteiger partial charge in [0, 0.05) is 24.7 Å². The lowest BCUT2D eigenvalue weighted by atomic mass is 10.1. The molecule has 2 aromatic carbocycles. The molecule has 2 rings (SSSR count). The normalized spacial score (nSPS) is 11.9. The predicted octanol–water partition coefficient (Wildman–Crippen LogP) is 3.11. The zero-order valence-corrected chi connectivity index (χ0v) is 17.5. The molecule has 0 aliphatic heterocycles. The number of rotatable bonds is 9. The van der Waals surface area contributed by atoms with Crippen LogP contribution in [0, 0.1) is 5.82 Å². The summed E-state index contributed by atoms with van der Waals surface area (Å²) < 4.78 is 18.7. The lowest BCUT2D eigenvalue weighted by Gasteiger charge is -2.22. The van der Waals surface area contributed by atoms with Gasteiger partial charge in [0.2, 0.25) is 5.91 Å². The average molecular weight is 449 g/mol. The van der Waals surface area contributed by atoms with Gasteiger partial charge in [-0.25, -0.2) is 9.18 Å². The van der Waals surface area contributed by atoms with Crippen molar-refractivity contribution in [2.24, 2.45) is 5.73 Å². The molecule has 0 fully saturated rings. The summed E-state index contributed by atoms with van der Waals surface area (Å²) in [6, 6.07) is 9.73. The highest BCUT2D eigenvalue weighted by molar-refractivity contribution is 6.30. The smallest absolute Gasteiger partial charge is 0.337 e. The maximum Gasteiger partial charge on any atom is 0.337 e. The number of methoxy groups -OCH3 is 1. The second-order valence-electron chi connectivity index (χ2n) is 6.66. The number of aliphatic carboxylic acids is 1. The molecule has 1 amide bonds.